The average Bonchev–Trinajstić information content (AvgIpc) is 2.47. The summed E-state index contributed by atoms with van der Waals surface area (Å²) in [4.78, 5) is 6.63. The molecular formula is C17H16N2. The molecule has 2 aromatic carbocycles. The Bertz CT molecular complexity index is 700. The fourth-order valence-corrected chi connectivity index (χ4v) is 2.17. The van der Waals surface area contributed by atoms with Gasteiger partial charge in [-0.15, -0.1) is 0 Å². The zero-order valence-corrected chi connectivity index (χ0v) is 11.2. The van der Waals surface area contributed by atoms with Crippen molar-refractivity contribution < 1.29 is 0 Å². The van der Waals surface area contributed by atoms with E-state index < -0.39 is 0 Å². The van der Waals surface area contributed by atoms with Crippen LogP contribution in [0.4, 0.5) is 5.69 Å². The Morgan fingerprint density at radius 2 is 1.53 bits per heavy atom. The molecule has 0 saturated heterocycles. The minimum absolute atomic E-state index is 1.02. The molecule has 3 aromatic rings. The fraction of sp³-hybridized carbons (Fsp3) is 0.118. The molecule has 0 unspecified atom stereocenters. The average molecular weight is 248 g/mol. The van der Waals surface area contributed by atoms with Gasteiger partial charge in [-0.3, -0.25) is 4.98 Å². The van der Waals surface area contributed by atoms with Gasteiger partial charge in [0.1, 0.15) is 0 Å². The summed E-state index contributed by atoms with van der Waals surface area (Å²) in [5, 5.41) is 2.40. The lowest BCUT2D eigenvalue weighted by Gasteiger charge is -2.12. The molecule has 0 N–H and O–H groups in total. The molecule has 1 heterocycles. The molecule has 19 heavy (non-hydrogen) atoms. The van der Waals surface area contributed by atoms with Crippen LogP contribution in [0.25, 0.3) is 22.0 Å². The first-order valence-electron chi connectivity index (χ1n) is 6.36. The van der Waals surface area contributed by atoms with Gasteiger partial charge >= 0.3 is 0 Å². The highest BCUT2D eigenvalue weighted by atomic mass is 15.1. The van der Waals surface area contributed by atoms with Crippen molar-refractivity contribution in [2.24, 2.45) is 0 Å². The largest absolute Gasteiger partial charge is 0.378 e. The van der Waals surface area contributed by atoms with Crippen LogP contribution >= 0.6 is 0 Å². The lowest BCUT2D eigenvalue weighted by atomic mass is 10.1. The SMILES string of the molecule is CN(C)c1ccc(-c2cc3ccccc3cn2)cc1. The zero-order chi connectivity index (χ0) is 13.2. The molecule has 0 atom stereocenters. The van der Waals surface area contributed by atoms with Gasteiger partial charge in [-0.25, -0.2) is 0 Å². The van der Waals surface area contributed by atoms with Crippen LogP contribution in [0.1, 0.15) is 0 Å². The van der Waals surface area contributed by atoms with Crippen LogP contribution < -0.4 is 4.90 Å². The minimum Gasteiger partial charge on any atom is -0.378 e. The maximum atomic E-state index is 4.54. The smallest absolute Gasteiger partial charge is 0.0708 e. The van der Waals surface area contributed by atoms with Crippen LogP contribution in [-0.2, 0) is 0 Å². The molecular weight excluding hydrogens is 232 g/mol. The summed E-state index contributed by atoms with van der Waals surface area (Å²) >= 11 is 0. The summed E-state index contributed by atoms with van der Waals surface area (Å²) in [5.41, 5.74) is 3.37. The molecule has 0 fully saturated rings. The van der Waals surface area contributed by atoms with Gasteiger partial charge in [0, 0.05) is 36.9 Å². The summed E-state index contributed by atoms with van der Waals surface area (Å²) in [6, 6.07) is 18.9. The zero-order valence-electron chi connectivity index (χ0n) is 11.2. The van der Waals surface area contributed by atoms with Gasteiger partial charge in [-0.2, -0.15) is 0 Å². The van der Waals surface area contributed by atoms with Gasteiger partial charge in [0.2, 0.25) is 0 Å². The normalized spacial score (nSPS) is 10.6. The second-order valence-corrected chi connectivity index (χ2v) is 4.86. The van der Waals surface area contributed by atoms with Crippen molar-refractivity contribution in [3.05, 3.63) is 60.8 Å². The number of hydrogen-bond acceptors (Lipinski definition) is 2. The molecule has 2 nitrogen and oxygen atoms in total. The van der Waals surface area contributed by atoms with Gasteiger partial charge in [-0.05, 0) is 23.6 Å². The second kappa shape index (κ2) is 4.73. The molecule has 0 aliphatic heterocycles. The van der Waals surface area contributed by atoms with Crippen LogP contribution in [0.3, 0.4) is 0 Å². The lowest BCUT2D eigenvalue weighted by molar-refractivity contribution is 1.13. The van der Waals surface area contributed by atoms with E-state index in [1.165, 1.54) is 16.5 Å². The number of benzene rings is 2. The third-order valence-corrected chi connectivity index (χ3v) is 3.31. The predicted molar refractivity (Wildman–Crippen MR) is 81.5 cm³/mol. The van der Waals surface area contributed by atoms with E-state index in [9.17, 15) is 0 Å². The molecule has 0 spiro atoms. The summed E-state index contributed by atoms with van der Waals surface area (Å²) in [7, 11) is 4.09. The second-order valence-electron chi connectivity index (χ2n) is 4.86. The number of pyridine rings is 1. The van der Waals surface area contributed by atoms with E-state index in [2.05, 4.69) is 58.4 Å². The third-order valence-electron chi connectivity index (χ3n) is 3.31. The van der Waals surface area contributed by atoms with Crippen LogP contribution in [-0.4, -0.2) is 19.1 Å². The Balaban J connectivity index is 2.03. The van der Waals surface area contributed by atoms with Crippen molar-refractivity contribution in [1.29, 1.82) is 0 Å². The van der Waals surface area contributed by atoms with E-state index in [1.807, 2.05) is 26.4 Å². The monoisotopic (exact) mass is 248 g/mol. The summed E-state index contributed by atoms with van der Waals surface area (Å²) in [6.45, 7) is 0. The third kappa shape index (κ3) is 2.29. The van der Waals surface area contributed by atoms with Gasteiger partial charge in [0.05, 0.1) is 5.69 Å². The maximum absolute atomic E-state index is 4.54. The summed E-state index contributed by atoms with van der Waals surface area (Å²) in [6.07, 6.45) is 1.94. The Labute approximate surface area is 113 Å². The first kappa shape index (κ1) is 11.7. The molecule has 0 bridgehead atoms. The van der Waals surface area contributed by atoms with Crippen LogP contribution in [0.5, 0.6) is 0 Å². The van der Waals surface area contributed by atoms with Crippen LogP contribution in [0.2, 0.25) is 0 Å². The lowest BCUT2D eigenvalue weighted by Crippen LogP contribution is -2.07. The van der Waals surface area contributed by atoms with Gasteiger partial charge < -0.3 is 4.90 Å². The quantitative estimate of drug-likeness (QED) is 0.682. The standard InChI is InChI=1S/C17H16N2/c1-19(2)16-9-7-13(8-10-16)17-11-14-5-3-4-6-15(14)12-18-17/h3-12H,1-2H3. The molecule has 2 heteroatoms. The molecule has 1 aromatic heterocycles. The number of anilines is 1. The molecule has 0 aliphatic carbocycles. The molecule has 94 valence electrons. The van der Waals surface area contributed by atoms with E-state index in [0.717, 1.165) is 11.3 Å². The highest BCUT2D eigenvalue weighted by molar-refractivity contribution is 5.85. The predicted octanol–water partition coefficient (Wildman–Crippen LogP) is 3.97. The fourth-order valence-electron chi connectivity index (χ4n) is 2.17. The number of rotatable bonds is 2. The molecule has 3 rings (SSSR count). The van der Waals surface area contributed by atoms with Gasteiger partial charge in [-0.1, -0.05) is 36.4 Å². The van der Waals surface area contributed by atoms with Crippen LogP contribution in [0, 0.1) is 0 Å². The van der Waals surface area contributed by atoms with Crippen molar-refractivity contribution in [3.63, 3.8) is 0 Å². The van der Waals surface area contributed by atoms with E-state index in [0.29, 0.717) is 0 Å². The van der Waals surface area contributed by atoms with Crippen molar-refractivity contribution in [1.82, 2.24) is 4.98 Å². The minimum atomic E-state index is 1.02. The van der Waals surface area contributed by atoms with Gasteiger partial charge in [0.25, 0.3) is 0 Å². The highest BCUT2D eigenvalue weighted by Gasteiger charge is 2.02. The van der Waals surface area contributed by atoms with Crippen LogP contribution in [0.15, 0.2) is 60.8 Å². The number of fused-ring (bicyclic) bond motifs is 1. The van der Waals surface area contributed by atoms with Crippen molar-refractivity contribution in [2.75, 3.05) is 19.0 Å². The Morgan fingerprint density at radius 3 is 2.21 bits per heavy atom. The summed E-state index contributed by atoms with van der Waals surface area (Å²) < 4.78 is 0. The maximum Gasteiger partial charge on any atom is 0.0708 e. The van der Waals surface area contributed by atoms with E-state index in [1.54, 1.807) is 0 Å². The topological polar surface area (TPSA) is 16.1 Å². The molecule has 0 saturated carbocycles. The number of aromatic nitrogens is 1. The number of nitrogens with zero attached hydrogens (tertiary/aromatic N) is 2. The number of hydrogen-bond donors (Lipinski definition) is 0. The first-order chi connectivity index (χ1) is 9.24. The van der Waals surface area contributed by atoms with Crippen molar-refractivity contribution in [2.45, 2.75) is 0 Å². The van der Waals surface area contributed by atoms with E-state index in [-0.39, 0.29) is 0 Å². The van der Waals surface area contributed by atoms with Crippen molar-refractivity contribution in [3.8, 4) is 11.3 Å². The molecule has 0 aliphatic rings. The Morgan fingerprint density at radius 1 is 0.842 bits per heavy atom. The Hall–Kier alpha value is -2.35. The van der Waals surface area contributed by atoms with E-state index in [4.69, 9.17) is 0 Å². The molecule has 0 amide bonds. The van der Waals surface area contributed by atoms with Crippen molar-refractivity contribution >= 4 is 16.5 Å². The summed E-state index contributed by atoms with van der Waals surface area (Å²) in [5.74, 6) is 0. The highest BCUT2D eigenvalue weighted by Crippen LogP contribution is 2.23. The first-order valence-corrected chi connectivity index (χ1v) is 6.36. The molecule has 0 radical (unpaired) electrons. The van der Waals surface area contributed by atoms with Gasteiger partial charge in [0.15, 0.2) is 0 Å². The van der Waals surface area contributed by atoms with E-state index >= 15 is 0 Å². The Kier molecular flexibility index (Phi) is 2.92.